The third kappa shape index (κ3) is 1.04. The Morgan fingerprint density at radius 2 is 2.43 bits per heavy atom. The van der Waals surface area contributed by atoms with Crippen molar-refractivity contribution in [3.05, 3.63) is 21.9 Å². The number of rotatable bonds is 0. The Kier molecular flexibility index (Phi) is 1.69. The van der Waals surface area contributed by atoms with Crippen molar-refractivity contribution in [3.63, 3.8) is 0 Å². The Morgan fingerprint density at radius 1 is 1.50 bits per heavy atom. The molecule has 1 aromatic rings. The fourth-order valence-electron chi connectivity index (χ4n) is 2.51. The van der Waals surface area contributed by atoms with E-state index < -0.39 is 0 Å². The summed E-state index contributed by atoms with van der Waals surface area (Å²) in [7, 11) is 0. The van der Waals surface area contributed by atoms with Crippen LogP contribution in [0.5, 0.6) is 0 Å². The number of thiophene rings is 1. The molecule has 1 amide bonds. The van der Waals surface area contributed by atoms with E-state index in [4.69, 9.17) is 0 Å². The minimum atomic E-state index is -0.0926. The molecule has 1 aliphatic carbocycles. The Bertz CT molecular complexity index is 387. The highest BCUT2D eigenvalue weighted by molar-refractivity contribution is 7.10. The summed E-state index contributed by atoms with van der Waals surface area (Å²) in [6.45, 7) is 0. The summed E-state index contributed by atoms with van der Waals surface area (Å²) in [6, 6.07) is 2.16. The monoisotopic (exact) mass is 208 g/mol. The molecule has 2 aliphatic rings. The molecule has 2 N–H and O–H groups in total. The Morgan fingerprint density at radius 3 is 3.21 bits per heavy atom. The highest BCUT2D eigenvalue weighted by atomic mass is 32.1. The smallest absolute Gasteiger partial charge is 0.236 e. The maximum Gasteiger partial charge on any atom is 0.236 e. The molecule has 4 heteroatoms. The first-order valence-corrected chi connectivity index (χ1v) is 5.81. The van der Waals surface area contributed by atoms with Crippen LogP contribution in [0, 0.1) is 0 Å². The number of nitrogens with one attached hydrogen (secondary N) is 2. The van der Waals surface area contributed by atoms with Crippen LogP contribution in [0.15, 0.2) is 11.4 Å². The molecule has 1 aromatic heterocycles. The van der Waals surface area contributed by atoms with Crippen LogP contribution in [0.4, 0.5) is 0 Å². The Hall–Kier alpha value is -0.870. The van der Waals surface area contributed by atoms with Crippen molar-refractivity contribution in [2.24, 2.45) is 0 Å². The normalized spacial score (nSPS) is 30.4. The lowest BCUT2D eigenvalue weighted by molar-refractivity contribution is -0.119. The van der Waals surface area contributed by atoms with Gasteiger partial charge in [0.2, 0.25) is 5.91 Å². The molecule has 1 spiro atoms. The third-order valence-corrected chi connectivity index (χ3v) is 4.15. The van der Waals surface area contributed by atoms with E-state index in [1.165, 1.54) is 23.3 Å². The number of carbonyl (C=O) groups excluding carboxylic acids is 1. The summed E-state index contributed by atoms with van der Waals surface area (Å²) in [5, 5.41) is 2.13. The fourth-order valence-corrected chi connectivity index (χ4v) is 3.53. The van der Waals surface area contributed by atoms with Crippen molar-refractivity contribution in [2.45, 2.75) is 31.2 Å². The Balaban J connectivity index is 2.07. The van der Waals surface area contributed by atoms with E-state index in [1.807, 2.05) is 11.3 Å². The fraction of sp³-hybridized carbons (Fsp3) is 0.500. The van der Waals surface area contributed by atoms with E-state index >= 15 is 0 Å². The number of hydrazine groups is 1. The quantitative estimate of drug-likeness (QED) is 0.675. The number of hydrogen-bond donors (Lipinski definition) is 2. The van der Waals surface area contributed by atoms with E-state index in [9.17, 15) is 4.79 Å². The lowest BCUT2D eigenvalue weighted by atomic mass is 9.79. The molecule has 74 valence electrons. The van der Waals surface area contributed by atoms with Crippen LogP contribution >= 0.6 is 11.3 Å². The first kappa shape index (κ1) is 8.44. The van der Waals surface area contributed by atoms with Gasteiger partial charge >= 0.3 is 0 Å². The maximum atomic E-state index is 11.3. The molecule has 1 aliphatic heterocycles. The van der Waals surface area contributed by atoms with Crippen molar-refractivity contribution in [2.75, 3.05) is 0 Å². The molecule has 3 nitrogen and oxygen atoms in total. The third-order valence-electron chi connectivity index (χ3n) is 3.17. The molecule has 1 fully saturated rings. The van der Waals surface area contributed by atoms with Gasteiger partial charge in [0.1, 0.15) is 0 Å². The first-order valence-electron chi connectivity index (χ1n) is 4.93. The first-order chi connectivity index (χ1) is 6.80. The van der Waals surface area contributed by atoms with Crippen molar-refractivity contribution >= 4 is 17.2 Å². The van der Waals surface area contributed by atoms with Gasteiger partial charge in [-0.3, -0.25) is 10.2 Å². The van der Waals surface area contributed by atoms with Crippen LogP contribution in [-0.4, -0.2) is 5.91 Å². The topological polar surface area (TPSA) is 41.1 Å². The lowest BCUT2D eigenvalue weighted by Crippen LogP contribution is -2.43. The summed E-state index contributed by atoms with van der Waals surface area (Å²) in [5.41, 5.74) is 7.14. The van der Waals surface area contributed by atoms with Crippen molar-refractivity contribution < 1.29 is 4.79 Å². The van der Waals surface area contributed by atoms with E-state index in [0.29, 0.717) is 6.42 Å². The predicted molar refractivity (Wildman–Crippen MR) is 54.8 cm³/mol. The second kappa shape index (κ2) is 2.81. The molecule has 1 atom stereocenters. The molecule has 3 rings (SSSR count). The van der Waals surface area contributed by atoms with Gasteiger partial charge in [0.15, 0.2) is 0 Å². The van der Waals surface area contributed by atoms with Crippen LogP contribution in [0.25, 0.3) is 0 Å². The van der Waals surface area contributed by atoms with Crippen LogP contribution in [-0.2, 0) is 16.8 Å². The lowest BCUT2D eigenvalue weighted by Gasteiger charge is -2.32. The molecule has 0 saturated carbocycles. The summed E-state index contributed by atoms with van der Waals surface area (Å²) < 4.78 is 0. The molecule has 2 heterocycles. The SMILES string of the molecule is O=C1CC2(CCCc3sccc32)NN1. The molecular formula is C10H12N2OS. The molecule has 14 heavy (non-hydrogen) atoms. The van der Waals surface area contributed by atoms with E-state index in [0.717, 1.165) is 6.42 Å². The van der Waals surface area contributed by atoms with Crippen molar-refractivity contribution in [1.82, 2.24) is 10.9 Å². The van der Waals surface area contributed by atoms with Crippen LogP contribution in [0.3, 0.4) is 0 Å². The van der Waals surface area contributed by atoms with E-state index in [2.05, 4.69) is 22.3 Å². The van der Waals surface area contributed by atoms with Gasteiger partial charge in [0.25, 0.3) is 0 Å². The number of aryl methyl sites for hydroxylation is 1. The minimum absolute atomic E-state index is 0.0926. The van der Waals surface area contributed by atoms with Crippen molar-refractivity contribution in [1.29, 1.82) is 0 Å². The highest BCUT2D eigenvalue weighted by Crippen LogP contribution is 2.41. The van der Waals surface area contributed by atoms with Crippen molar-refractivity contribution in [3.8, 4) is 0 Å². The Labute approximate surface area is 86.5 Å². The van der Waals surface area contributed by atoms with Gasteiger partial charge in [-0.15, -0.1) is 11.3 Å². The highest BCUT2D eigenvalue weighted by Gasteiger charge is 2.43. The van der Waals surface area contributed by atoms with E-state index in [-0.39, 0.29) is 11.4 Å². The summed E-state index contributed by atoms with van der Waals surface area (Å²) in [6.07, 6.45) is 4.01. The zero-order valence-corrected chi connectivity index (χ0v) is 8.62. The van der Waals surface area contributed by atoms with Crippen LogP contribution in [0.2, 0.25) is 0 Å². The zero-order chi connectivity index (χ0) is 9.60. The standard InChI is InChI=1S/C10H12N2OS/c13-9-6-10(12-11-9)4-1-2-8-7(10)3-5-14-8/h3,5,12H,1-2,4,6H2,(H,11,13). The van der Waals surface area contributed by atoms with Gasteiger partial charge in [-0.2, -0.15) is 0 Å². The molecular weight excluding hydrogens is 196 g/mol. The molecule has 0 aromatic carbocycles. The van der Waals surface area contributed by atoms with Gasteiger partial charge < -0.3 is 0 Å². The van der Waals surface area contributed by atoms with E-state index in [1.54, 1.807) is 0 Å². The number of fused-ring (bicyclic) bond motifs is 2. The summed E-state index contributed by atoms with van der Waals surface area (Å²) >= 11 is 1.81. The van der Waals surface area contributed by atoms with Gasteiger partial charge in [-0.25, -0.2) is 5.43 Å². The number of amides is 1. The number of hydrogen-bond acceptors (Lipinski definition) is 3. The van der Waals surface area contributed by atoms with Crippen LogP contribution < -0.4 is 10.9 Å². The van der Waals surface area contributed by atoms with Gasteiger partial charge in [0.05, 0.1) is 12.0 Å². The summed E-state index contributed by atoms with van der Waals surface area (Å²) in [5.74, 6) is 0.115. The average molecular weight is 208 g/mol. The second-order valence-electron chi connectivity index (χ2n) is 4.04. The maximum absolute atomic E-state index is 11.3. The minimum Gasteiger partial charge on any atom is -0.291 e. The van der Waals surface area contributed by atoms with Gasteiger partial charge in [0, 0.05) is 4.88 Å². The van der Waals surface area contributed by atoms with Gasteiger partial charge in [-0.05, 0) is 36.3 Å². The number of carbonyl (C=O) groups is 1. The zero-order valence-electron chi connectivity index (χ0n) is 7.80. The molecule has 0 radical (unpaired) electrons. The molecule has 0 bridgehead atoms. The van der Waals surface area contributed by atoms with Gasteiger partial charge in [-0.1, -0.05) is 0 Å². The second-order valence-corrected chi connectivity index (χ2v) is 5.04. The molecule has 1 unspecified atom stereocenters. The molecule has 1 saturated heterocycles. The van der Waals surface area contributed by atoms with Crippen LogP contribution in [0.1, 0.15) is 29.7 Å². The average Bonchev–Trinajstić information content (AvgIpc) is 2.75. The predicted octanol–water partition coefficient (Wildman–Crippen LogP) is 1.30. The summed E-state index contributed by atoms with van der Waals surface area (Å²) in [4.78, 5) is 12.7. The largest absolute Gasteiger partial charge is 0.291 e.